The standard InChI is InChI=1S/C15H9Cl5O3/c16-9-2-1-8(3-10(9)17)6-23-15(21)7-22-14-5-12(19)11(18)4-13(14)20/h1-5H,6-7H2. The molecule has 122 valence electrons. The first-order valence-corrected chi connectivity index (χ1v) is 8.12. The molecule has 0 aliphatic rings. The highest BCUT2D eigenvalue weighted by molar-refractivity contribution is 6.43. The SMILES string of the molecule is O=C(COc1cc(Cl)c(Cl)cc1Cl)OCc1ccc(Cl)c(Cl)c1. The first-order valence-electron chi connectivity index (χ1n) is 6.23. The molecule has 8 heteroatoms. The van der Waals surface area contributed by atoms with Crippen LogP contribution in [0.1, 0.15) is 5.56 Å². The molecule has 0 amide bonds. The predicted octanol–water partition coefficient (Wildman–Crippen LogP) is 6.08. The molecule has 2 aromatic carbocycles. The van der Waals surface area contributed by atoms with Crippen molar-refractivity contribution >= 4 is 64.0 Å². The molecule has 3 nitrogen and oxygen atoms in total. The maximum Gasteiger partial charge on any atom is 0.344 e. The third kappa shape index (κ3) is 5.33. The highest BCUT2D eigenvalue weighted by Crippen LogP contribution is 2.33. The Morgan fingerprint density at radius 3 is 2.17 bits per heavy atom. The van der Waals surface area contributed by atoms with Gasteiger partial charge in [0, 0.05) is 6.07 Å². The van der Waals surface area contributed by atoms with E-state index in [9.17, 15) is 4.79 Å². The summed E-state index contributed by atoms with van der Waals surface area (Å²) in [5, 5.41) is 1.64. The van der Waals surface area contributed by atoms with Crippen molar-refractivity contribution < 1.29 is 14.3 Å². The number of rotatable bonds is 5. The molecule has 0 bridgehead atoms. The van der Waals surface area contributed by atoms with Gasteiger partial charge in [-0.05, 0) is 23.8 Å². The van der Waals surface area contributed by atoms with Crippen LogP contribution in [-0.4, -0.2) is 12.6 Å². The molecule has 0 heterocycles. The number of hydrogen-bond donors (Lipinski definition) is 0. The lowest BCUT2D eigenvalue weighted by Crippen LogP contribution is -2.15. The Morgan fingerprint density at radius 2 is 1.48 bits per heavy atom. The van der Waals surface area contributed by atoms with Crippen molar-refractivity contribution in [2.24, 2.45) is 0 Å². The minimum absolute atomic E-state index is 0.0498. The number of ether oxygens (including phenoxy) is 2. The number of esters is 1. The maximum atomic E-state index is 11.7. The van der Waals surface area contributed by atoms with Crippen LogP contribution in [0.15, 0.2) is 30.3 Å². The van der Waals surface area contributed by atoms with E-state index in [1.165, 1.54) is 12.1 Å². The summed E-state index contributed by atoms with van der Waals surface area (Å²) in [5.74, 6) is -0.328. The molecular weight excluding hydrogens is 405 g/mol. The lowest BCUT2D eigenvalue weighted by Gasteiger charge is -2.10. The van der Waals surface area contributed by atoms with Gasteiger partial charge >= 0.3 is 5.97 Å². The second kappa shape index (κ2) is 8.32. The zero-order chi connectivity index (χ0) is 17.0. The zero-order valence-electron chi connectivity index (χ0n) is 11.4. The van der Waals surface area contributed by atoms with Crippen LogP contribution in [0, 0.1) is 0 Å². The monoisotopic (exact) mass is 412 g/mol. The van der Waals surface area contributed by atoms with E-state index in [-0.39, 0.29) is 29.0 Å². The highest BCUT2D eigenvalue weighted by Gasteiger charge is 2.11. The van der Waals surface area contributed by atoms with E-state index in [0.29, 0.717) is 20.6 Å². The van der Waals surface area contributed by atoms with Crippen LogP contribution in [0.4, 0.5) is 0 Å². The van der Waals surface area contributed by atoms with E-state index in [2.05, 4.69) is 0 Å². The number of benzene rings is 2. The van der Waals surface area contributed by atoms with Gasteiger partial charge in [0.15, 0.2) is 6.61 Å². The molecule has 0 unspecified atom stereocenters. The fourth-order valence-electron chi connectivity index (χ4n) is 1.59. The van der Waals surface area contributed by atoms with Crippen molar-refractivity contribution in [2.75, 3.05) is 6.61 Å². The molecule has 0 saturated heterocycles. The van der Waals surface area contributed by atoms with Gasteiger partial charge in [0.25, 0.3) is 0 Å². The molecule has 0 spiro atoms. The maximum absolute atomic E-state index is 11.7. The van der Waals surface area contributed by atoms with Gasteiger partial charge < -0.3 is 9.47 Å². The molecule has 2 aromatic rings. The Morgan fingerprint density at radius 1 is 0.826 bits per heavy atom. The second-order valence-corrected chi connectivity index (χ2v) is 6.43. The van der Waals surface area contributed by atoms with E-state index in [1.807, 2.05) is 0 Å². The van der Waals surface area contributed by atoms with Crippen molar-refractivity contribution in [3.8, 4) is 5.75 Å². The average molecular weight is 414 g/mol. The van der Waals surface area contributed by atoms with Crippen LogP contribution >= 0.6 is 58.0 Å². The van der Waals surface area contributed by atoms with E-state index in [4.69, 9.17) is 67.5 Å². The van der Waals surface area contributed by atoms with Gasteiger partial charge in [-0.1, -0.05) is 64.1 Å². The normalized spacial score (nSPS) is 10.5. The molecular formula is C15H9Cl5O3. The van der Waals surface area contributed by atoms with Gasteiger partial charge in [0.05, 0.1) is 25.1 Å². The lowest BCUT2D eigenvalue weighted by atomic mass is 10.2. The topological polar surface area (TPSA) is 35.5 Å². The highest BCUT2D eigenvalue weighted by atomic mass is 35.5. The molecule has 0 aliphatic carbocycles. The molecule has 2 rings (SSSR count). The summed E-state index contributed by atoms with van der Waals surface area (Å²) in [6, 6.07) is 7.81. The van der Waals surface area contributed by atoms with Gasteiger partial charge in [-0.15, -0.1) is 0 Å². The summed E-state index contributed by atoms with van der Waals surface area (Å²) in [7, 11) is 0. The van der Waals surface area contributed by atoms with Crippen LogP contribution in [0.3, 0.4) is 0 Å². The molecule has 0 radical (unpaired) electrons. The molecule has 0 atom stereocenters. The fourth-order valence-corrected chi connectivity index (χ4v) is 2.50. The van der Waals surface area contributed by atoms with Gasteiger partial charge in [-0.2, -0.15) is 0 Å². The Labute approximate surface area is 157 Å². The largest absolute Gasteiger partial charge is 0.480 e. The van der Waals surface area contributed by atoms with Crippen molar-refractivity contribution in [1.82, 2.24) is 0 Å². The Balaban J connectivity index is 1.88. The number of halogens is 5. The number of hydrogen-bond acceptors (Lipinski definition) is 3. The molecule has 0 fully saturated rings. The minimum Gasteiger partial charge on any atom is -0.480 e. The van der Waals surface area contributed by atoms with Crippen LogP contribution in [0.2, 0.25) is 25.1 Å². The summed E-state index contributed by atoms with van der Waals surface area (Å²) < 4.78 is 10.3. The molecule has 23 heavy (non-hydrogen) atoms. The minimum atomic E-state index is -0.571. The van der Waals surface area contributed by atoms with Gasteiger partial charge in [-0.3, -0.25) is 0 Å². The van der Waals surface area contributed by atoms with Gasteiger partial charge in [0.1, 0.15) is 12.4 Å². The second-order valence-electron chi connectivity index (χ2n) is 4.39. The summed E-state index contributed by atoms with van der Waals surface area (Å²) in [4.78, 5) is 11.7. The van der Waals surface area contributed by atoms with Crippen LogP contribution in [0.25, 0.3) is 0 Å². The third-order valence-corrected chi connectivity index (χ3v) is 4.46. The van der Waals surface area contributed by atoms with Crippen LogP contribution in [0.5, 0.6) is 5.75 Å². The summed E-state index contributed by atoms with van der Waals surface area (Å²) in [5.41, 5.74) is 0.709. The predicted molar refractivity (Wildman–Crippen MR) is 93.2 cm³/mol. The van der Waals surface area contributed by atoms with Gasteiger partial charge in [0.2, 0.25) is 0 Å². The number of carbonyl (C=O) groups excluding carboxylic acids is 1. The van der Waals surface area contributed by atoms with Gasteiger partial charge in [-0.25, -0.2) is 4.79 Å². The molecule has 0 aromatic heterocycles. The third-order valence-electron chi connectivity index (χ3n) is 2.70. The quantitative estimate of drug-likeness (QED) is 0.440. The molecule has 0 aliphatic heterocycles. The zero-order valence-corrected chi connectivity index (χ0v) is 15.2. The first kappa shape index (κ1) is 18.5. The Bertz CT molecular complexity index is 733. The Hall–Kier alpha value is -0.840. The van der Waals surface area contributed by atoms with Crippen molar-refractivity contribution in [2.45, 2.75) is 6.61 Å². The first-order chi connectivity index (χ1) is 10.9. The molecule has 0 N–H and O–H groups in total. The van der Waals surface area contributed by atoms with Crippen LogP contribution in [-0.2, 0) is 16.1 Å². The summed E-state index contributed by atoms with van der Waals surface area (Å²) in [6.45, 7) is -0.271. The van der Waals surface area contributed by atoms with Crippen LogP contribution < -0.4 is 4.74 Å². The lowest BCUT2D eigenvalue weighted by molar-refractivity contribution is -0.147. The smallest absolute Gasteiger partial charge is 0.344 e. The van der Waals surface area contributed by atoms with Crippen molar-refractivity contribution in [3.63, 3.8) is 0 Å². The van der Waals surface area contributed by atoms with E-state index in [0.717, 1.165) is 0 Å². The summed E-state index contributed by atoms with van der Waals surface area (Å²) in [6.07, 6.45) is 0. The van der Waals surface area contributed by atoms with Crippen molar-refractivity contribution in [3.05, 3.63) is 61.0 Å². The Kier molecular flexibility index (Phi) is 6.69. The van der Waals surface area contributed by atoms with E-state index < -0.39 is 5.97 Å². The summed E-state index contributed by atoms with van der Waals surface area (Å²) >= 11 is 29.3. The van der Waals surface area contributed by atoms with Crippen molar-refractivity contribution in [1.29, 1.82) is 0 Å². The van der Waals surface area contributed by atoms with E-state index in [1.54, 1.807) is 18.2 Å². The number of carbonyl (C=O) groups is 1. The van der Waals surface area contributed by atoms with E-state index >= 15 is 0 Å². The molecule has 0 saturated carbocycles. The fraction of sp³-hybridized carbons (Fsp3) is 0.133. The average Bonchev–Trinajstić information content (AvgIpc) is 2.50.